The van der Waals surface area contributed by atoms with Crippen molar-refractivity contribution in [3.63, 3.8) is 0 Å². The van der Waals surface area contributed by atoms with E-state index in [2.05, 4.69) is 12.2 Å². The van der Waals surface area contributed by atoms with Crippen LogP contribution in [0.5, 0.6) is 0 Å². The highest BCUT2D eigenvalue weighted by molar-refractivity contribution is 7.99. The fourth-order valence-corrected chi connectivity index (χ4v) is 2.77. The molecular formula is C14H18F2N2OS. The van der Waals surface area contributed by atoms with Crippen LogP contribution in [-0.2, 0) is 0 Å². The second-order valence-corrected chi connectivity index (χ2v) is 6.01. The number of anilines is 1. The molecule has 20 heavy (non-hydrogen) atoms. The molecule has 1 saturated heterocycles. The Morgan fingerprint density at radius 2 is 2.00 bits per heavy atom. The summed E-state index contributed by atoms with van der Waals surface area (Å²) in [4.78, 5) is 14.3. The molecule has 0 radical (unpaired) electrons. The third kappa shape index (κ3) is 4.10. The van der Waals surface area contributed by atoms with E-state index in [1.807, 2.05) is 0 Å². The molecule has 0 atom stereocenters. The number of benzene rings is 1. The molecule has 0 spiro atoms. The molecule has 3 nitrogen and oxygen atoms in total. The monoisotopic (exact) mass is 300 g/mol. The zero-order valence-electron chi connectivity index (χ0n) is 11.3. The number of carbonyl (C=O) groups excluding carboxylic acids is 1. The van der Waals surface area contributed by atoms with Gasteiger partial charge in [-0.25, -0.2) is 4.79 Å². The van der Waals surface area contributed by atoms with Crippen molar-refractivity contribution >= 4 is 23.5 Å². The summed E-state index contributed by atoms with van der Waals surface area (Å²) in [7, 11) is 0. The average molecular weight is 300 g/mol. The van der Waals surface area contributed by atoms with Crippen molar-refractivity contribution < 1.29 is 13.6 Å². The van der Waals surface area contributed by atoms with Crippen molar-refractivity contribution in [1.29, 1.82) is 0 Å². The molecule has 1 heterocycles. The molecule has 0 aliphatic carbocycles. The zero-order chi connectivity index (χ0) is 14.5. The number of carbonyl (C=O) groups is 1. The summed E-state index contributed by atoms with van der Waals surface area (Å²) in [6.07, 6.45) is 1.97. The first-order valence-electron chi connectivity index (χ1n) is 6.66. The van der Waals surface area contributed by atoms with E-state index in [1.165, 1.54) is 0 Å². The van der Waals surface area contributed by atoms with Gasteiger partial charge < -0.3 is 10.2 Å². The molecular weight excluding hydrogens is 282 g/mol. The van der Waals surface area contributed by atoms with Crippen molar-refractivity contribution in [2.45, 2.75) is 30.4 Å². The molecule has 1 aliphatic rings. The predicted molar refractivity (Wildman–Crippen MR) is 77.3 cm³/mol. The van der Waals surface area contributed by atoms with E-state index in [1.54, 1.807) is 29.2 Å². The van der Waals surface area contributed by atoms with Crippen LogP contribution < -0.4 is 5.32 Å². The Hall–Kier alpha value is -1.30. The van der Waals surface area contributed by atoms with Crippen LogP contribution in [0.1, 0.15) is 19.8 Å². The minimum atomic E-state index is -2.50. The topological polar surface area (TPSA) is 32.3 Å². The SMILES string of the molecule is CC1CCN(C(=O)Nc2ccccc2SC(F)F)CC1. The molecule has 1 aliphatic heterocycles. The van der Waals surface area contributed by atoms with E-state index in [4.69, 9.17) is 0 Å². The minimum absolute atomic E-state index is 0.209. The highest BCUT2D eigenvalue weighted by atomic mass is 32.2. The largest absolute Gasteiger partial charge is 0.325 e. The maximum Gasteiger partial charge on any atom is 0.321 e. The lowest BCUT2D eigenvalue weighted by Gasteiger charge is -2.30. The predicted octanol–water partition coefficient (Wildman–Crippen LogP) is 4.27. The van der Waals surface area contributed by atoms with Gasteiger partial charge in [-0.1, -0.05) is 30.8 Å². The normalized spacial score (nSPS) is 16.5. The van der Waals surface area contributed by atoms with E-state index in [0.29, 0.717) is 28.3 Å². The number of thioether (sulfide) groups is 1. The van der Waals surface area contributed by atoms with Gasteiger partial charge in [-0.05, 0) is 30.9 Å². The first kappa shape index (κ1) is 15.1. The van der Waals surface area contributed by atoms with Crippen molar-refractivity contribution in [2.75, 3.05) is 18.4 Å². The summed E-state index contributed by atoms with van der Waals surface area (Å²) in [6, 6.07) is 6.44. The molecule has 0 saturated carbocycles. The van der Waals surface area contributed by atoms with Gasteiger partial charge >= 0.3 is 6.03 Å². The Bertz CT molecular complexity index is 462. The molecule has 1 fully saturated rings. The molecule has 110 valence electrons. The number of hydrogen-bond donors (Lipinski definition) is 1. The van der Waals surface area contributed by atoms with Gasteiger partial charge in [-0.15, -0.1) is 0 Å². The van der Waals surface area contributed by atoms with Gasteiger partial charge in [-0.3, -0.25) is 0 Å². The highest BCUT2D eigenvalue weighted by Gasteiger charge is 2.21. The molecule has 1 aromatic carbocycles. The van der Waals surface area contributed by atoms with Gasteiger partial charge in [0, 0.05) is 18.0 Å². The number of para-hydroxylation sites is 1. The van der Waals surface area contributed by atoms with E-state index >= 15 is 0 Å². The Morgan fingerprint density at radius 1 is 1.35 bits per heavy atom. The zero-order valence-corrected chi connectivity index (χ0v) is 12.1. The lowest BCUT2D eigenvalue weighted by Crippen LogP contribution is -2.40. The Labute approximate surface area is 121 Å². The Morgan fingerprint density at radius 3 is 2.65 bits per heavy atom. The quantitative estimate of drug-likeness (QED) is 0.846. The van der Waals surface area contributed by atoms with Crippen LogP contribution in [0.3, 0.4) is 0 Å². The second-order valence-electron chi connectivity index (χ2n) is 4.97. The molecule has 1 aromatic rings. The summed E-state index contributed by atoms with van der Waals surface area (Å²) in [5.41, 5.74) is 0.446. The van der Waals surface area contributed by atoms with E-state index in [0.717, 1.165) is 25.9 Å². The Kier molecular flexibility index (Phi) is 5.23. The number of rotatable bonds is 3. The van der Waals surface area contributed by atoms with Crippen molar-refractivity contribution in [2.24, 2.45) is 5.92 Å². The van der Waals surface area contributed by atoms with Crippen LogP contribution in [0.25, 0.3) is 0 Å². The van der Waals surface area contributed by atoms with E-state index in [9.17, 15) is 13.6 Å². The number of amides is 2. The smallest absolute Gasteiger partial charge is 0.321 e. The number of nitrogens with zero attached hydrogens (tertiary/aromatic N) is 1. The van der Waals surface area contributed by atoms with Crippen molar-refractivity contribution in [1.82, 2.24) is 4.90 Å². The Balaban J connectivity index is 2.00. The lowest BCUT2D eigenvalue weighted by atomic mass is 10.00. The number of piperidine rings is 1. The number of urea groups is 1. The van der Waals surface area contributed by atoms with Crippen LogP contribution in [0.15, 0.2) is 29.2 Å². The standard InChI is InChI=1S/C14H18F2N2OS/c1-10-6-8-18(9-7-10)14(19)17-11-4-2-3-5-12(11)20-13(15)16/h2-5,10,13H,6-9H2,1H3,(H,17,19). The van der Waals surface area contributed by atoms with E-state index in [-0.39, 0.29) is 6.03 Å². The number of alkyl halides is 2. The van der Waals surface area contributed by atoms with Crippen LogP contribution in [0.2, 0.25) is 0 Å². The first-order valence-corrected chi connectivity index (χ1v) is 7.54. The van der Waals surface area contributed by atoms with Crippen LogP contribution >= 0.6 is 11.8 Å². The fraction of sp³-hybridized carbons (Fsp3) is 0.500. The van der Waals surface area contributed by atoms with Gasteiger partial charge in [0.05, 0.1) is 5.69 Å². The molecule has 2 rings (SSSR count). The van der Waals surface area contributed by atoms with Crippen molar-refractivity contribution in [3.05, 3.63) is 24.3 Å². The van der Waals surface area contributed by atoms with Gasteiger partial charge in [0.1, 0.15) is 0 Å². The molecule has 1 N–H and O–H groups in total. The molecule has 6 heteroatoms. The van der Waals surface area contributed by atoms with Crippen LogP contribution in [0, 0.1) is 5.92 Å². The number of hydrogen-bond acceptors (Lipinski definition) is 2. The fourth-order valence-electron chi connectivity index (χ4n) is 2.17. The summed E-state index contributed by atoms with van der Waals surface area (Å²) < 4.78 is 25.0. The molecule has 0 bridgehead atoms. The second kappa shape index (κ2) is 6.92. The van der Waals surface area contributed by atoms with E-state index < -0.39 is 5.76 Å². The first-order chi connectivity index (χ1) is 9.56. The minimum Gasteiger partial charge on any atom is -0.325 e. The third-order valence-electron chi connectivity index (χ3n) is 3.42. The lowest BCUT2D eigenvalue weighted by molar-refractivity contribution is 0.186. The number of nitrogens with one attached hydrogen (secondary N) is 1. The summed E-state index contributed by atoms with van der Waals surface area (Å²) >= 11 is 0.448. The number of likely N-dealkylation sites (tertiary alicyclic amines) is 1. The van der Waals surface area contributed by atoms with Crippen LogP contribution in [0.4, 0.5) is 19.3 Å². The maximum absolute atomic E-state index is 12.5. The molecule has 0 unspecified atom stereocenters. The third-order valence-corrected chi connectivity index (χ3v) is 4.20. The van der Waals surface area contributed by atoms with Gasteiger partial charge in [0.15, 0.2) is 0 Å². The molecule has 0 aromatic heterocycles. The summed E-state index contributed by atoms with van der Waals surface area (Å²) in [5.74, 6) is -1.86. The molecule has 2 amide bonds. The maximum atomic E-state index is 12.5. The van der Waals surface area contributed by atoms with Gasteiger partial charge in [-0.2, -0.15) is 8.78 Å². The number of halogens is 2. The van der Waals surface area contributed by atoms with Crippen molar-refractivity contribution in [3.8, 4) is 0 Å². The highest BCUT2D eigenvalue weighted by Crippen LogP contribution is 2.31. The average Bonchev–Trinajstić information content (AvgIpc) is 2.41. The van der Waals surface area contributed by atoms with Crippen LogP contribution in [-0.4, -0.2) is 29.8 Å². The summed E-state index contributed by atoms with van der Waals surface area (Å²) in [5, 5.41) is 2.73. The van der Waals surface area contributed by atoms with Gasteiger partial charge in [0.25, 0.3) is 5.76 Å². The summed E-state index contributed by atoms with van der Waals surface area (Å²) in [6.45, 7) is 3.61. The van der Waals surface area contributed by atoms with Gasteiger partial charge in [0.2, 0.25) is 0 Å².